The average Bonchev–Trinajstić information content (AvgIpc) is 2.65. The van der Waals surface area contributed by atoms with Crippen LogP contribution in [0.3, 0.4) is 0 Å². The molecule has 2 rings (SSSR count). The third-order valence-electron chi connectivity index (χ3n) is 1.67. The second-order valence-corrected chi connectivity index (χ2v) is 3.71. The standard InChI is InChI=1S/C8H6BrN5O/c1-14-12-8(11-13-14)7(15)6-3-2-5(9)4-10-6/h2-4H,1H3. The number of nitrogens with zero attached hydrogens (tertiary/aromatic N) is 5. The zero-order chi connectivity index (χ0) is 10.8. The minimum absolute atomic E-state index is 0.0484. The van der Waals surface area contributed by atoms with Crippen LogP contribution < -0.4 is 0 Å². The summed E-state index contributed by atoms with van der Waals surface area (Å²) in [7, 11) is 1.60. The lowest BCUT2D eigenvalue weighted by Gasteiger charge is -1.94. The van der Waals surface area contributed by atoms with Gasteiger partial charge in [-0.05, 0) is 33.3 Å². The van der Waals surface area contributed by atoms with Crippen LogP contribution in [-0.4, -0.2) is 31.0 Å². The highest BCUT2D eigenvalue weighted by Crippen LogP contribution is 2.09. The molecule has 2 heterocycles. The van der Waals surface area contributed by atoms with E-state index in [4.69, 9.17) is 0 Å². The van der Waals surface area contributed by atoms with Crippen LogP contribution in [0, 0.1) is 0 Å². The number of tetrazole rings is 1. The fourth-order valence-electron chi connectivity index (χ4n) is 1.000. The van der Waals surface area contributed by atoms with Gasteiger partial charge < -0.3 is 0 Å². The van der Waals surface area contributed by atoms with Crippen LogP contribution in [0.4, 0.5) is 0 Å². The number of hydrogen-bond donors (Lipinski definition) is 0. The Balaban J connectivity index is 2.32. The SMILES string of the molecule is Cn1nnc(C(=O)c2ccc(Br)cn2)n1. The van der Waals surface area contributed by atoms with E-state index in [-0.39, 0.29) is 11.6 Å². The van der Waals surface area contributed by atoms with Crippen LogP contribution in [0.15, 0.2) is 22.8 Å². The highest BCUT2D eigenvalue weighted by Gasteiger charge is 2.15. The Hall–Kier alpha value is -1.63. The number of carbonyl (C=O) groups is 1. The Bertz CT molecular complexity index is 492. The largest absolute Gasteiger partial charge is 0.283 e. The van der Waals surface area contributed by atoms with Crippen molar-refractivity contribution in [2.24, 2.45) is 7.05 Å². The van der Waals surface area contributed by atoms with Gasteiger partial charge in [-0.3, -0.25) is 9.78 Å². The predicted molar refractivity (Wildman–Crippen MR) is 54.2 cm³/mol. The van der Waals surface area contributed by atoms with Crippen molar-refractivity contribution in [2.75, 3.05) is 0 Å². The first kappa shape index (κ1) is 9.91. The number of aromatic nitrogens is 5. The summed E-state index contributed by atoms with van der Waals surface area (Å²) in [6.07, 6.45) is 1.55. The van der Waals surface area contributed by atoms with E-state index >= 15 is 0 Å². The smallest absolute Gasteiger partial charge is 0.252 e. The van der Waals surface area contributed by atoms with Crippen LogP contribution in [0.5, 0.6) is 0 Å². The van der Waals surface area contributed by atoms with Gasteiger partial charge in [-0.2, -0.15) is 4.80 Å². The summed E-state index contributed by atoms with van der Waals surface area (Å²) >= 11 is 3.23. The molecule has 7 heteroatoms. The average molecular weight is 268 g/mol. The molecule has 0 bridgehead atoms. The van der Waals surface area contributed by atoms with Gasteiger partial charge in [0.2, 0.25) is 5.82 Å². The van der Waals surface area contributed by atoms with Gasteiger partial charge in [-0.1, -0.05) is 0 Å². The minimum atomic E-state index is -0.337. The first-order valence-corrected chi connectivity index (χ1v) is 4.86. The number of hydrogen-bond acceptors (Lipinski definition) is 5. The molecule has 0 fully saturated rings. The molecule has 2 aromatic heterocycles. The lowest BCUT2D eigenvalue weighted by molar-refractivity contribution is 0.102. The fourth-order valence-corrected chi connectivity index (χ4v) is 1.23. The Morgan fingerprint density at radius 1 is 1.47 bits per heavy atom. The third-order valence-corrected chi connectivity index (χ3v) is 2.14. The molecule has 2 aromatic rings. The number of pyridine rings is 1. The Kier molecular flexibility index (Phi) is 2.55. The summed E-state index contributed by atoms with van der Waals surface area (Å²) in [5, 5.41) is 11.0. The number of ketones is 1. The highest BCUT2D eigenvalue weighted by molar-refractivity contribution is 9.10. The zero-order valence-electron chi connectivity index (χ0n) is 7.75. The first-order chi connectivity index (χ1) is 7.16. The number of halogens is 1. The van der Waals surface area contributed by atoms with Crippen molar-refractivity contribution in [3.05, 3.63) is 34.3 Å². The van der Waals surface area contributed by atoms with Gasteiger partial charge in [0.25, 0.3) is 5.78 Å². The molecule has 6 nitrogen and oxygen atoms in total. The lowest BCUT2D eigenvalue weighted by Crippen LogP contribution is -2.06. The molecule has 15 heavy (non-hydrogen) atoms. The monoisotopic (exact) mass is 267 g/mol. The van der Waals surface area contributed by atoms with Crippen LogP contribution in [-0.2, 0) is 7.05 Å². The van der Waals surface area contributed by atoms with E-state index in [1.807, 2.05) is 0 Å². The van der Waals surface area contributed by atoms with Gasteiger partial charge >= 0.3 is 0 Å². The lowest BCUT2D eigenvalue weighted by atomic mass is 10.2. The molecule has 0 N–H and O–H groups in total. The predicted octanol–water partition coefficient (Wildman–Crippen LogP) is 0.599. The summed E-state index contributed by atoms with van der Waals surface area (Å²) in [5.74, 6) is -0.289. The van der Waals surface area contributed by atoms with Crippen LogP contribution in [0.1, 0.15) is 16.3 Å². The Morgan fingerprint density at radius 3 is 2.80 bits per heavy atom. The molecule has 0 aliphatic carbocycles. The van der Waals surface area contributed by atoms with E-state index in [9.17, 15) is 4.79 Å². The van der Waals surface area contributed by atoms with Gasteiger partial charge in [-0.25, -0.2) is 0 Å². The highest BCUT2D eigenvalue weighted by atomic mass is 79.9. The Morgan fingerprint density at radius 2 is 2.27 bits per heavy atom. The van der Waals surface area contributed by atoms with Crippen molar-refractivity contribution in [1.82, 2.24) is 25.2 Å². The molecule has 0 saturated carbocycles. The second kappa shape index (κ2) is 3.85. The summed E-state index contributed by atoms with van der Waals surface area (Å²) in [6.45, 7) is 0. The number of aryl methyl sites for hydroxylation is 1. The fraction of sp³-hybridized carbons (Fsp3) is 0.125. The van der Waals surface area contributed by atoms with E-state index in [0.717, 1.165) is 4.47 Å². The van der Waals surface area contributed by atoms with E-state index in [1.54, 1.807) is 25.4 Å². The molecular weight excluding hydrogens is 262 g/mol. The molecule has 0 atom stereocenters. The molecule has 0 amide bonds. The van der Waals surface area contributed by atoms with Gasteiger partial charge in [-0.15, -0.1) is 10.2 Å². The van der Waals surface area contributed by atoms with Crippen molar-refractivity contribution >= 4 is 21.7 Å². The number of rotatable bonds is 2. The first-order valence-electron chi connectivity index (χ1n) is 4.07. The summed E-state index contributed by atoms with van der Waals surface area (Å²) in [4.78, 5) is 16.9. The normalized spacial score (nSPS) is 10.3. The van der Waals surface area contributed by atoms with Gasteiger partial charge in [0.05, 0.1) is 7.05 Å². The van der Waals surface area contributed by atoms with E-state index < -0.39 is 0 Å². The molecule has 0 aliphatic rings. The maximum absolute atomic E-state index is 11.7. The van der Waals surface area contributed by atoms with Gasteiger partial charge in [0.15, 0.2) is 0 Å². The molecular formula is C8H6BrN5O. The summed E-state index contributed by atoms with van der Waals surface area (Å²) in [6, 6.07) is 3.33. The van der Waals surface area contributed by atoms with Gasteiger partial charge in [0.1, 0.15) is 5.69 Å². The Labute approximate surface area is 93.5 Å². The van der Waals surface area contributed by atoms with Crippen molar-refractivity contribution in [2.45, 2.75) is 0 Å². The summed E-state index contributed by atoms with van der Waals surface area (Å²) < 4.78 is 0.811. The molecule has 0 aliphatic heterocycles. The van der Waals surface area contributed by atoms with E-state index in [1.165, 1.54) is 4.80 Å². The van der Waals surface area contributed by atoms with Gasteiger partial charge in [0, 0.05) is 10.7 Å². The molecule has 0 radical (unpaired) electrons. The van der Waals surface area contributed by atoms with E-state index in [0.29, 0.717) is 5.69 Å². The third kappa shape index (κ3) is 2.07. The topological polar surface area (TPSA) is 73.6 Å². The number of carbonyl (C=O) groups excluding carboxylic acids is 1. The molecule has 0 unspecified atom stereocenters. The molecule has 0 spiro atoms. The van der Waals surface area contributed by atoms with Crippen LogP contribution in [0.2, 0.25) is 0 Å². The van der Waals surface area contributed by atoms with Crippen molar-refractivity contribution in [3.63, 3.8) is 0 Å². The van der Waals surface area contributed by atoms with Crippen LogP contribution >= 0.6 is 15.9 Å². The maximum atomic E-state index is 11.7. The molecule has 76 valence electrons. The molecule has 0 aromatic carbocycles. The maximum Gasteiger partial charge on any atom is 0.252 e. The van der Waals surface area contributed by atoms with Crippen molar-refractivity contribution in [3.8, 4) is 0 Å². The molecule has 0 saturated heterocycles. The zero-order valence-corrected chi connectivity index (χ0v) is 9.34. The summed E-state index contributed by atoms with van der Waals surface area (Å²) in [5.41, 5.74) is 0.297. The van der Waals surface area contributed by atoms with E-state index in [2.05, 4.69) is 36.3 Å². The minimum Gasteiger partial charge on any atom is -0.283 e. The second-order valence-electron chi connectivity index (χ2n) is 2.79. The quantitative estimate of drug-likeness (QED) is 0.745. The van der Waals surface area contributed by atoms with Crippen molar-refractivity contribution < 1.29 is 4.79 Å². The van der Waals surface area contributed by atoms with Crippen LogP contribution in [0.25, 0.3) is 0 Å². The van der Waals surface area contributed by atoms with Crippen molar-refractivity contribution in [1.29, 1.82) is 0 Å².